The minimum absolute atomic E-state index is 0.0325. The third-order valence-electron chi connectivity index (χ3n) is 6.08. The highest BCUT2D eigenvalue weighted by Gasteiger charge is 2.39. The Bertz CT molecular complexity index is 1010. The zero-order valence-corrected chi connectivity index (χ0v) is 17.8. The van der Waals surface area contributed by atoms with Crippen molar-refractivity contribution in [2.45, 2.75) is 51.9 Å². The maximum atomic E-state index is 13.0. The topological polar surface area (TPSA) is 42.2 Å². The number of rotatable bonds is 9. The van der Waals surface area contributed by atoms with Crippen LogP contribution in [0.4, 0.5) is 4.39 Å². The summed E-state index contributed by atoms with van der Waals surface area (Å²) in [5.41, 5.74) is 3.48. The first-order valence-electron chi connectivity index (χ1n) is 11.0. The second kappa shape index (κ2) is 9.03. The van der Waals surface area contributed by atoms with E-state index in [2.05, 4.69) is 23.5 Å². The molecule has 4 rings (SSSR count). The first kappa shape index (κ1) is 20.6. The maximum absolute atomic E-state index is 13.0. The Morgan fingerprint density at radius 1 is 1.13 bits per heavy atom. The van der Waals surface area contributed by atoms with Crippen LogP contribution < -0.4 is 5.32 Å². The number of carbonyl (C=O) groups is 1. The summed E-state index contributed by atoms with van der Waals surface area (Å²) < 4.78 is 19.1. The fourth-order valence-corrected chi connectivity index (χ4v) is 4.15. The molecule has 0 aliphatic heterocycles. The van der Waals surface area contributed by atoms with E-state index in [1.165, 1.54) is 28.6 Å². The first-order valence-corrected chi connectivity index (χ1v) is 11.0. The Kier molecular flexibility index (Phi) is 6.21. The molecular weight excluding hydrogens is 377 g/mol. The molecule has 2 aromatic carbocycles. The average Bonchev–Trinajstić information content (AvgIpc) is 3.38. The number of furan rings is 1. The van der Waals surface area contributed by atoms with Gasteiger partial charge in [0.05, 0.1) is 0 Å². The van der Waals surface area contributed by atoms with Crippen molar-refractivity contribution in [2.24, 2.45) is 11.8 Å². The molecule has 1 N–H and O–H groups in total. The molecule has 4 heteroatoms. The Balaban J connectivity index is 1.32. The van der Waals surface area contributed by atoms with Gasteiger partial charge in [-0.1, -0.05) is 38.1 Å². The second-order valence-electron chi connectivity index (χ2n) is 8.81. The Morgan fingerprint density at radius 2 is 1.90 bits per heavy atom. The van der Waals surface area contributed by atoms with E-state index in [1.54, 1.807) is 0 Å². The molecular formula is C26H30FNO2. The van der Waals surface area contributed by atoms with Crippen molar-refractivity contribution < 1.29 is 13.6 Å². The summed E-state index contributed by atoms with van der Waals surface area (Å²) >= 11 is 0. The van der Waals surface area contributed by atoms with Crippen molar-refractivity contribution in [3.8, 4) is 0 Å². The number of carbonyl (C=O) groups excluding carboxylic acids is 1. The number of benzene rings is 2. The largest absolute Gasteiger partial charge is 0.461 e. The van der Waals surface area contributed by atoms with Crippen molar-refractivity contribution in [3.05, 3.63) is 71.2 Å². The predicted octanol–water partition coefficient (Wildman–Crippen LogP) is 6.01. The highest BCUT2D eigenvalue weighted by molar-refractivity contribution is 5.83. The molecule has 1 amide bonds. The van der Waals surface area contributed by atoms with Gasteiger partial charge in [-0.25, -0.2) is 4.39 Å². The molecule has 1 fully saturated rings. The smallest absolute Gasteiger partial charge is 0.222 e. The molecule has 1 aromatic heterocycles. The quantitative estimate of drug-likeness (QED) is 0.441. The number of aryl methyl sites for hydroxylation is 2. The summed E-state index contributed by atoms with van der Waals surface area (Å²) in [5, 5.41) is 4.28. The summed E-state index contributed by atoms with van der Waals surface area (Å²) in [5.74, 6) is 2.03. The van der Waals surface area contributed by atoms with Gasteiger partial charge in [-0.05, 0) is 72.9 Å². The van der Waals surface area contributed by atoms with Crippen molar-refractivity contribution in [1.29, 1.82) is 0 Å². The Labute approximate surface area is 177 Å². The highest BCUT2D eigenvalue weighted by atomic mass is 19.1. The molecule has 3 aromatic rings. The molecule has 158 valence electrons. The summed E-state index contributed by atoms with van der Waals surface area (Å²) in [6.45, 7) is 4.60. The van der Waals surface area contributed by atoms with Gasteiger partial charge in [0.15, 0.2) is 0 Å². The van der Waals surface area contributed by atoms with Gasteiger partial charge in [-0.2, -0.15) is 0 Å². The van der Waals surface area contributed by atoms with Crippen LogP contribution in [0.2, 0.25) is 0 Å². The Hall–Kier alpha value is -2.62. The summed E-state index contributed by atoms with van der Waals surface area (Å²) in [7, 11) is 0. The van der Waals surface area contributed by atoms with Crippen LogP contribution in [0.3, 0.4) is 0 Å². The third-order valence-corrected chi connectivity index (χ3v) is 6.08. The molecule has 1 aliphatic rings. The van der Waals surface area contributed by atoms with Gasteiger partial charge in [0.2, 0.25) is 5.91 Å². The number of fused-ring (bicyclic) bond motifs is 1. The zero-order chi connectivity index (χ0) is 21.1. The van der Waals surface area contributed by atoms with Crippen LogP contribution in [0, 0.1) is 17.7 Å². The normalized spacial score (nSPS) is 18.1. The molecule has 0 saturated heterocycles. The molecule has 3 nitrogen and oxygen atoms in total. The number of nitrogens with one attached hydrogen (secondary N) is 1. The molecule has 0 unspecified atom stereocenters. The van der Waals surface area contributed by atoms with Gasteiger partial charge >= 0.3 is 0 Å². The summed E-state index contributed by atoms with van der Waals surface area (Å²) in [6, 6.07) is 15.3. The molecule has 1 saturated carbocycles. The molecule has 0 radical (unpaired) electrons. The predicted molar refractivity (Wildman–Crippen MR) is 118 cm³/mol. The maximum Gasteiger partial charge on any atom is 0.222 e. The third kappa shape index (κ3) is 4.92. The van der Waals surface area contributed by atoms with Crippen molar-refractivity contribution >= 4 is 16.9 Å². The highest BCUT2D eigenvalue weighted by Crippen LogP contribution is 2.49. The molecule has 0 spiro atoms. The van der Waals surface area contributed by atoms with E-state index in [-0.39, 0.29) is 17.6 Å². The molecule has 1 heterocycles. The minimum Gasteiger partial charge on any atom is -0.461 e. The summed E-state index contributed by atoms with van der Waals surface area (Å²) in [6.07, 6.45) is 5.08. The molecule has 30 heavy (non-hydrogen) atoms. The Morgan fingerprint density at radius 3 is 2.67 bits per heavy atom. The van der Waals surface area contributed by atoms with E-state index in [0.717, 1.165) is 50.0 Å². The van der Waals surface area contributed by atoms with Crippen molar-refractivity contribution in [2.75, 3.05) is 6.54 Å². The number of unbranched alkanes of at least 4 members (excludes halogenated alkanes) is 1. The second-order valence-corrected chi connectivity index (χ2v) is 8.81. The lowest BCUT2D eigenvalue weighted by Crippen LogP contribution is -2.29. The van der Waals surface area contributed by atoms with Gasteiger partial charge < -0.3 is 9.73 Å². The lowest BCUT2D eigenvalue weighted by atomic mass is 10.0. The minimum atomic E-state index is -0.183. The van der Waals surface area contributed by atoms with E-state index in [1.807, 2.05) is 32.0 Å². The van der Waals surface area contributed by atoms with Crippen molar-refractivity contribution in [3.63, 3.8) is 0 Å². The van der Waals surface area contributed by atoms with Crippen LogP contribution in [0.1, 0.15) is 55.9 Å². The van der Waals surface area contributed by atoms with Crippen LogP contribution >= 0.6 is 0 Å². The van der Waals surface area contributed by atoms with Crippen LogP contribution in [0.15, 0.2) is 52.9 Å². The lowest BCUT2D eigenvalue weighted by molar-refractivity contribution is -0.124. The van der Waals surface area contributed by atoms with E-state index in [4.69, 9.17) is 4.42 Å². The standard InChI is InChI=1S/C26H30FNO2/c1-17(2)26(29)28-16-19-14-23(19)22-8-5-9-25-24(22)15-21(30-25)7-4-3-6-18-10-12-20(27)13-11-18/h5,8-13,15,17,19,23H,3-4,6-7,14,16H2,1-2H3,(H,28,29)/t19-,23+/m0/s1. The van der Waals surface area contributed by atoms with Crippen LogP contribution in [0.5, 0.6) is 0 Å². The van der Waals surface area contributed by atoms with Crippen LogP contribution in [-0.2, 0) is 17.6 Å². The first-order chi connectivity index (χ1) is 14.5. The molecule has 1 aliphatic carbocycles. The number of halogens is 1. The summed E-state index contributed by atoms with van der Waals surface area (Å²) in [4.78, 5) is 11.8. The van der Waals surface area contributed by atoms with Gasteiger partial charge in [0.1, 0.15) is 17.2 Å². The van der Waals surface area contributed by atoms with E-state index in [9.17, 15) is 9.18 Å². The van der Waals surface area contributed by atoms with Crippen LogP contribution in [0.25, 0.3) is 11.0 Å². The number of amides is 1. The fraction of sp³-hybridized carbons (Fsp3) is 0.423. The molecule has 0 bridgehead atoms. The number of hydrogen-bond donors (Lipinski definition) is 1. The van der Waals surface area contributed by atoms with Gasteiger partial charge in [0.25, 0.3) is 0 Å². The van der Waals surface area contributed by atoms with E-state index < -0.39 is 0 Å². The van der Waals surface area contributed by atoms with Gasteiger partial charge in [-0.3, -0.25) is 4.79 Å². The average molecular weight is 408 g/mol. The van der Waals surface area contributed by atoms with Crippen molar-refractivity contribution in [1.82, 2.24) is 5.32 Å². The lowest BCUT2D eigenvalue weighted by Gasteiger charge is -2.07. The molecule has 2 atom stereocenters. The monoisotopic (exact) mass is 407 g/mol. The SMILES string of the molecule is CC(C)C(=O)NC[C@@H]1C[C@H]1c1cccc2oc(CCCCc3ccc(F)cc3)cc12. The van der Waals surface area contributed by atoms with E-state index in [0.29, 0.717) is 11.8 Å². The number of hydrogen-bond acceptors (Lipinski definition) is 2. The fourth-order valence-electron chi connectivity index (χ4n) is 4.15. The van der Waals surface area contributed by atoms with Gasteiger partial charge in [0, 0.05) is 24.3 Å². The zero-order valence-electron chi connectivity index (χ0n) is 17.8. The van der Waals surface area contributed by atoms with Crippen LogP contribution in [-0.4, -0.2) is 12.5 Å². The van der Waals surface area contributed by atoms with Gasteiger partial charge in [-0.15, -0.1) is 0 Å². The van der Waals surface area contributed by atoms with E-state index >= 15 is 0 Å².